The van der Waals surface area contributed by atoms with Crippen LogP contribution in [0.3, 0.4) is 0 Å². The first-order valence-corrected chi connectivity index (χ1v) is 10.3. The van der Waals surface area contributed by atoms with Gasteiger partial charge in [0.25, 0.3) is 0 Å². The molecular formula is C13H19N7O4S2. The highest BCUT2D eigenvalue weighted by molar-refractivity contribution is 7.99. The molecule has 3 heterocycles. The van der Waals surface area contributed by atoms with Crippen LogP contribution >= 0.6 is 11.8 Å². The fourth-order valence-electron chi connectivity index (χ4n) is 2.71. The average molecular weight is 401 g/mol. The van der Waals surface area contributed by atoms with Gasteiger partial charge in [-0.05, 0) is 24.3 Å². The number of hydrogen-bond acceptors (Lipinski definition) is 9. The molecular weight excluding hydrogens is 382 g/mol. The van der Waals surface area contributed by atoms with Crippen molar-refractivity contribution in [1.29, 1.82) is 0 Å². The minimum atomic E-state index is -3.68. The second-order valence-electron chi connectivity index (χ2n) is 5.81. The Kier molecular flexibility index (Phi) is 5.29. The Morgan fingerprint density at radius 2 is 1.92 bits per heavy atom. The lowest BCUT2D eigenvalue weighted by atomic mass is 10.3. The van der Waals surface area contributed by atoms with Crippen LogP contribution in [0, 0.1) is 13.8 Å². The standard InChI is InChI=1S/C13H19N7O4S2/c1-9-12(10(2)24-15-9)26(22,23)20-6-4-19(5-7-20)11(21)8-25-13-14-16-17-18(13)3/h4-8H2,1-3H3. The molecule has 1 aliphatic rings. The Hall–Kier alpha value is -1.99. The van der Waals surface area contributed by atoms with Crippen LogP contribution in [-0.4, -0.2) is 80.8 Å². The van der Waals surface area contributed by atoms with Gasteiger partial charge in [-0.15, -0.1) is 5.10 Å². The maximum atomic E-state index is 12.8. The van der Waals surface area contributed by atoms with Gasteiger partial charge in [0.2, 0.25) is 21.1 Å². The van der Waals surface area contributed by atoms with Crippen molar-refractivity contribution < 1.29 is 17.7 Å². The third-order valence-corrected chi connectivity index (χ3v) is 7.20. The van der Waals surface area contributed by atoms with E-state index in [0.717, 1.165) is 0 Å². The molecule has 0 radical (unpaired) electrons. The van der Waals surface area contributed by atoms with Crippen LogP contribution in [0.2, 0.25) is 0 Å². The lowest BCUT2D eigenvalue weighted by Crippen LogP contribution is -2.51. The minimum absolute atomic E-state index is 0.0765. The highest BCUT2D eigenvalue weighted by Gasteiger charge is 2.34. The van der Waals surface area contributed by atoms with Crippen molar-refractivity contribution in [2.75, 3.05) is 31.9 Å². The first-order valence-electron chi connectivity index (χ1n) is 7.86. The van der Waals surface area contributed by atoms with E-state index in [-0.39, 0.29) is 35.4 Å². The van der Waals surface area contributed by atoms with Gasteiger partial charge in [-0.1, -0.05) is 16.9 Å². The van der Waals surface area contributed by atoms with Gasteiger partial charge in [0, 0.05) is 33.2 Å². The zero-order valence-electron chi connectivity index (χ0n) is 14.6. The Morgan fingerprint density at radius 1 is 1.23 bits per heavy atom. The van der Waals surface area contributed by atoms with E-state index in [2.05, 4.69) is 20.7 Å². The molecule has 1 saturated heterocycles. The summed E-state index contributed by atoms with van der Waals surface area (Å²) in [6.45, 7) is 4.30. The second-order valence-corrected chi connectivity index (χ2v) is 8.63. The van der Waals surface area contributed by atoms with Gasteiger partial charge in [0.15, 0.2) is 5.76 Å². The SMILES string of the molecule is Cc1noc(C)c1S(=O)(=O)N1CCN(C(=O)CSc2nnnn2C)CC1. The van der Waals surface area contributed by atoms with E-state index in [0.29, 0.717) is 23.9 Å². The third kappa shape index (κ3) is 3.59. The molecule has 13 heteroatoms. The average Bonchev–Trinajstić information content (AvgIpc) is 3.18. The summed E-state index contributed by atoms with van der Waals surface area (Å²) in [7, 11) is -1.98. The summed E-state index contributed by atoms with van der Waals surface area (Å²) in [4.78, 5) is 14.1. The number of rotatable bonds is 5. The summed E-state index contributed by atoms with van der Waals surface area (Å²) in [6.07, 6.45) is 0. The maximum absolute atomic E-state index is 12.8. The monoisotopic (exact) mass is 401 g/mol. The second kappa shape index (κ2) is 7.32. The molecule has 3 rings (SSSR count). The van der Waals surface area contributed by atoms with Gasteiger partial charge >= 0.3 is 0 Å². The topological polar surface area (TPSA) is 127 Å². The predicted octanol–water partition coefficient (Wildman–Crippen LogP) is -0.560. The maximum Gasteiger partial charge on any atom is 0.248 e. The Morgan fingerprint density at radius 3 is 2.46 bits per heavy atom. The van der Waals surface area contributed by atoms with Crippen LogP contribution in [0.5, 0.6) is 0 Å². The van der Waals surface area contributed by atoms with Crippen molar-refractivity contribution in [1.82, 2.24) is 34.6 Å². The molecule has 0 unspecified atom stereocenters. The Balaban J connectivity index is 1.58. The number of aryl methyl sites for hydroxylation is 3. The van der Waals surface area contributed by atoms with Crippen molar-refractivity contribution in [2.24, 2.45) is 7.05 Å². The number of hydrogen-bond donors (Lipinski definition) is 0. The van der Waals surface area contributed by atoms with Crippen LogP contribution in [0.1, 0.15) is 11.5 Å². The largest absolute Gasteiger partial charge is 0.360 e. The normalized spacial score (nSPS) is 16.2. The summed E-state index contributed by atoms with van der Waals surface area (Å²) < 4.78 is 33.4. The van der Waals surface area contributed by atoms with Gasteiger partial charge < -0.3 is 9.42 Å². The molecule has 0 aromatic carbocycles. The van der Waals surface area contributed by atoms with Crippen molar-refractivity contribution in [3.63, 3.8) is 0 Å². The van der Waals surface area contributed by atoms with Gasteiger partial charge in [-0.25, -0.2) is 13.1 Å². The highest BCUT2D eigenvalue weighted by atomic mass is 32.2. The number of amides is 1. The van der Waals surface area contributed by atoms with Crippen LogP contribution < -0.4 is 0 Å². The van der Waals surface area contributed by atoms with Crippen LogP contribution in [-0.2, 0) is 21.9 Å². The number of thioether (sulfide) groups is 1. The Bertz CT molecular complexity index is 880. The molecule has 2 aromatic heterocycles. The molecule has 26 heavy (non-hydrogen) atoms. The fraction of sp³-hybridized carbons (Fsp3) is 0.615. The Labute approximate surface area is 154 Å². The molecule has 1 amide bonds. The minimum Gasteiger partial charge on any atom is -0.360 e. The number of carbonyl (C=O) groups excluding carboxylic acids is 1. The van der Waals surface area contributed by atoms with E-state index in [1.165, 1.54) is 20.7 Å². The van der Waals surface area contributed by atoms with Crippen molar-refractivity contribution in [2.45, 2.75) is 23.9 Å². The van der Waals surface area contributed by atoms with Crippen molar-refractivity contribution in [3.05, 3.63) is 11.5 Å². The van der Waals surface area contributed by atoms with Crippen molar-refractivity contribution in [3.8, 4) is 0 Å². The van der Waals surface area contributed by atoms with E-state index in [9.17, 15) is 13.2 Å². The summed E-state index contributed by atoms with van der Waals surface area (Å²) >= 11 is 1.25. The number of carbonyl (C=O) groups is 1. The molecule has 0 spiro atoms. The molecule has 1 aliphatic heterocycles. The van der Waals surface area contributed by atoms with Gasteiger partial charge in [-0.2, -0.15) is 4.31 Å². The van der Waals surface area contributed by atoms with E-state index in [1.807, 2.05) is 0 Å². The third-order valence-electron chi connectivity index (χ3n) is 4.06. The first-order chi connectivity index (χ1) is 12.3. The zero-order valence-corrected chi connectivity index (χ0v) is 16.2. The van der Waals surface area contributed by atoms with Crippen LogP contribution in [0.15, 0.2) is 14.6 Å². The number of sulfonamides is 1. The molecule has 1 fully saturated rings. The predicted molar refractivity (Wildman–Crippen MR) is 90.8 cm³/mol. The summed E-state index contributed by atoms with van der Waals surface area (Å²) in [5.74, 6) is 0.396. The number of aromatic nitrogens is 5. The van der Waals surface area contributed by atoms with E-state index in [4.69, 9.17) is 4.52 Å². The number of nitrogens with zero attached hydrogens (tertiary/aromatic N) is 7. The van der Waals surface area contributed by atoms with Crippen molar-refractivity contribution >= 4 is 27.7 Å². The first kappa shape index (κ1) is 18.8. The summed E-state index contributed by atoms with van der Waals surface area (Å²) in [6, 6.07) is 0. The molecule has 2 aromatic rings. The van der Waals surface area contributed by atoms with Crippen LogP contribution in [0.4, 0.5) is 0 Å². The lowest BCUT2D eigenvalue weighted by molar-refractivity contribution is -0.129. The fourth-order valence-corrected chi connectivity index (χ4v) is 5.18. The molecule has 0 N–H and O–H groups in total. The van der Waals surface area contributed by atoms with Gasteiger partial charge in [0.1, 0.15) is 10.6 Å². The zero-order chi connectivity index (χ0) is 18.9. The molecule has 11 nitrogen and oxygen atoms in total. The molecule has 0 aliphatic carbocycles. The van der Waals surface area contributed by atoms with E-state index in [1.54, 1.807) is 25.8 Å². The van der Waals surface area contributed by atoms with E-state index < -0.39 is 10.0 Å². The quantitative estimate of drug-likeness (QED) is 0.606. The smallest absolute Gasteiger partial charge is 0.248 e. The lowest BCUT2D eigenvalue weighted by Gasteiger charge is -2.33. The molecule has 0 saturated carbocycles. The number of tetrazole rings is 1. The molecule has 0 bridgehead atoms. The summed E-state index contributed by atoms with van der Waals surface area (Å²) in [5, 5.41) is 15.3. The van der Waals surface area contributed by atoms with Gasteiger partial charge in [-0.3, -0.25) is 4.79 Å². The van der Waals surface area contributed by atoms with Gasteiger partial charge in [0.05, 0.1) is 5.75 Å². The summed E-state index contributed by atoms with van der Waals surface area (Å²) in [5.41, 5.74) is 0.342. The molecule has 0 atom stereocenters. The molecule has 142 valence electrons. The van der Waals surface area contributed by atoms with E-state index >= 15 is 0 Å². The number of piperazine rings is 1. The highest BCUT2D eigenvalue weighted by Crippen LogP contribution is 2.24. The van der Waals surface area contributed by atoms with Crippen LogP contribution in [0.25, 0.3) is 0 Å².